The molecule has 0 aliphatic carbocycles. The van der Waals surface area contributed by atoms with Crippen molar-refractivity contribution in [1.82, 2.24) is 14.9 Å². The lowest BCUT2D eigenvalue weighted by Crippen LogP contribution is -2.43. The van der Waals surface area contributed by atoms with Gasteiger partial charge in [-0.3, -0.25) is 9.59 Å². The molecule has 1 fully saturated rings. The van der Waals surface area contributed by atoms with Crippen molar-refractivity contribution >= 4 is 35.6 Å². The summed E-state index contributed by atoms with van der Waals surface area (Å²) in [5.41, 5.74) is 5.68. The number of aromatic nitrogens is 2. The van der Waals surface area contributed by atoms with Crippen molar-refractivity contribution in [3.8, 4) is 5.69 Å². The number of halogens is 4. The molecule has 2 amide bonds. The second-order valence-corrected chi connectivity index (χ2v) is 7.47. The van der Waals surface area contributed by atoms with Crippen molar-refractivity contribution in [2.24, 2.45) is 5.73 Å². The van der Waals surface area contributed by atoms with Crippen LogP contribution in [-0.2, 0) is 6.18 Å². The Kier molecular flexibility index (Phi) is 7.48. The fourth-order valence-electron chi connectivity index (χ4n) is 3.56. The van der Waals surface area contributed by atoms with Gasteiger partial charge in [0.15, 0.2) is 0 Å². The van der Waals surface area contributed by atoms with E-state index in [-0.39, 0.29) is 23.7 Å². The number of rotatable bonds is 5. The Balaban J connectivity index is 0.00000324. The standard InChI is InChI=1S/C22H21F3N6O2.ClH/c23-22(24,25)19-3-1-2-17(28-19)21(33)29-18-13-31(12-16(18)20(26)32)15-6-4-14(5-7-15)30-10-8-27-9-11-30;/h1-7,12-13,27H,8-11H2,(H2,26,32)(H,29,33);1H. The molecule has 0 spiro atoms. The van der Waals surface area contributed by atoms with E-state index in [2.05, 4.69) is 20.5 Å². The lowest BCUT2D eigenvalue weighted by Gasteiger charge is -2.29. The number of alkyl halides is 3. The Morgan fingerprint density at radius 1 is 1.00 bits per heavy atom. The number of hydrogen-bond donors (Lipinski definition) is 3. The average Bonchev–Trinajstić information content (AvgIpc) is 3.23. The Morgan fingerprint density at radius 3 is 2.26 bits per heavy atom. The number of carbonyl (C=O) groups is 2. The van der Waals surface area contributed by atoms with E-state index in [1.54, 1.807) is 4.57 Å². The van der Waals surface area contributed by atoms with Crippen LogP contribution in [0.5, 0.6) is 0 Å². The quantitative estimate of drug-likeness (QED) is 0.505. The lowest BCUT2D eigenvalue weighted by molar-refractivity contribution is -0.141. The third kappa shape index (κ3) is 5.49. The summed E-state index contributed by atoms with van der Waals surface area (Å²) < 4.78 is 40.3. The fraction of sp³-hybridized carbons (Fsp3) is 0.227. The van der Waals surface area contributed by atoms with Crippen LogP contribution < -0.4 is 21.3 Å². The maximum absolute atomic E-state index is 12.9. The Morgan fingerprint density at radius 2 is 1.65 bits per heavy atom. The van der Waals surface area contributed by atoms with E-state index >= 15 is 0 Å². The van der Waals surface area contributed by atoms with Crippen LogP contribution in [0.4, 0.5) is 24.5 Å². The highest BCUT2D eigenvalue weighted by molar-refractivity contribution is 6.08. The van der Waals surface area contributed by atoms with Gasteiger partial charge in [-0.1, -0.05) is 6.07 Å². The van der Waals surface area contributed by atoms with Gasteiger partial charge in [-0.15, -0.1) is 12.4 Å². The zero-order valence-electron chi connectivity index (χ0n) is 17.8. The number of benzene rings is 1. The highest BCUT2D eigenvalue weighted by atomic mass is 35.5. The molecule has 0 unspecified atom stereocenters. The molecule has 2 aromatic heterocycles. The summed E-state index contributed by atoms with van der Waals surface area (Å²) in [7, 11) is 0. The van der Waals surface area contributed by atoms with Crippen molar-refractivity contribution in [2.45, 2.75) is 6.18 Å². The van der Waals surface area contributed by atoms with Gasteiger partial charge < -0.3 is 25.8 Å². The van der Waals surface area contributed by atoms with Crippen molar-refractivity contribution in [1.29, 1.82) is 0 Å². The van der Waals surface area contributed by atoms with E-state index in [1.165, 1.54) is 12.4 Å². The molecule has 4 N–H and O–H groups in total. The summed E-state index contributed by atoms with van der Waals surface area (Å²) in [5, 5.41) is 5.73. The Labute approximate surface area is 199 Å². The summed E-state index contributed by atoms with van der Waals surface area (Å²) >= 11 is 0. The smallest absolute Gasteiger partial charge is 0.369 e. The largest absolute Gasteiger partial charge is 0.433 e. The maximum Gasteiger partial charge on any atom is 0.433 e. The number of anilines is 2. The lowest BCUT2D eigenvalue weighted by atomic mass is 10.2. The van der Waals surface area contributed by atoms with Crippen LogP contribution in [0, 0.1) is 0 Å². The Bertz CT molecular complexity index is 1170. The molecule has 0 bridgehead atoms. The second-order valence-electron chi connectivity index (χ2n) is 7.47. The molecule has 0 saturated carbocycles. The molecule has 34 heavy (non-hydrogen) atoms. The van der Waals surface area contributed by atoms with Crippen LogP contribution in [0.2, 0.25) is 0 Å². The third-order valence-corrected chi connectivity index (χ3v) is 5.24. The van der Waals surface area contributed by atoms with Gasteiger partial charge in [0, 0.05) is 49.9 Å². The summed E-state index contributed by atoms with van der Waals surface area (Å²) in [4.78, 5) is 30.0. The highest BCUT2D eigenvalue weighted by Gasteiger charge is 2.33. The van der Waals surface area contributed by atoms with E-state index in [0.717, 1.165) is 50.1 Å². The van der Waals surface area contributed by atoms with Gasteiger partial charge in [-0.2, -0.15) is 13.2 Å². The molecule has 3 heterocycles. The first kappa shape index (κ1) is 25.1. The normalized spacial score (nSPS) is 13.8. The number of nitrogens with one attached hydrogen (secondary N) is 2. The van der Waals surface area contributed by atoms with Crippen LogP contribution in [0.25, 0.3) is 5.69 Å². The molecule has 0 atom stereocenters. The van der Waals surface area contributed by atoms with Crippen molar-refractivity contribution < 1.29 is 22.8 Å². The molecular weight excluding hydrogens is 473 g/mol. The number of primary amides is 1. The van der Waals surface area contributed by atoms with Crippen LogP contribution in [0.15, 0.2) is 54.9 Å². The van der Waals surface area contributed by atoms with Gasteiger partial charge in [0.2, 0.25) is 0 Å². The van der Waals surface area contributed by atoms with Gasteiger partial charge in [-0.25, -0.2) is 4.98 Å². The first-order chi connectivity index (χ1) is 15.7. The first-order valence-corrected chi connectivity index (χ1v) is 10.2. The number of pyridine rings is 1. The number of piperazine rings is 1. The molecule has 180 valence electrons. The zero-order valence-corrected chi connectivity index (χ0v) is 18.6. The molecule has 3 aromatic rings. The third-order valence-electron chi connectivity index (χ3n) is 5.24. The molecular formula is C22H22ClF3N6O2. The summed E-state index contributed by atoms with van der Waals surface area (Å²) in [6.45, 7) is 3.61. The molecule has 4 rings (SSSR count). The van der Waals surface area contributed by atoms with Gasteiger partial charge in [0.1, 0.15) is 11.4 Å². The first-order valence-electron chi connectivity index (χ1n) is 10.2. The molecule has 1 aliphatic rings. The van der Waals surface area contributed by atoms with Crippen molar-refractivity contribution in [3.63, 3.8) is 0 Å². The van der Waals surface area contributed by atoms with Gasteiger partial charge >= 0.3 is 6.18 Å². The minimum Gasteiger partial charge on any atom is -0.369 e. The molecule has 1 aromatic carbocycles. The number of hydrogen-bond acceptors (Lipinski definition) is 5. The van der Waals surface area contributed by atoms with Crippen molar-refractivity contribution in [2.75, 3.05) is 36.4 Å². The van der Waals surface area contributed by atoms with E-state index in [4.69, 9.17) is 5.73 Å². The zero-order chi connectivity index (χ0) is 23.6. The maximum atomic E-state index is 12.9. The van der Waals surface area contributed by atoms with Gasteiger partial charge in [-0.05, 0) is 36.4 Å². The van der Waals surface area contributed by atoms with Gasteiger partial charge in [0.05, 0.1) is 11.3 Å². The summed E-state index contributed by atoms with van der Waals surface area (Å²) in [6, 6.07) is 10.6. The van der Waals surface area contributed by atoms with E-state index < -0.39 is 29.4 Å². The molecule has 12 heteroatoms. The second kappa shape index (κ2) is 10.1. The van der Waals surface area contributed by atoms with Crippen LogP contribution in [0.3, 0.4) is 0 Å². The predicted octanol–water partition coefficient (Wildman–Crippen LogP) is 3.07. The minimum atomic E-state index is -4.69. The average molecular weight is 495 g/mol. The number of amides is 2. The van der Waals surface area contributed by atoms with Crippen LogP contribution in [0.1, 0.15) is 26.5 Å². The van der Waals surface area contributed by atoms with Crippen LogP contribution >= 0.6 is 12.4 Å². The predicted molar refractivity (Wildman–Crippen MR) is 124 cm³/mol. The van der Waals surface area contributed by atoms with E-state index in [0.29, 0.717) is 5.69 Å². The van der Waals surface area contributed by atoms with Crippen molar-refractivity contribution in [3.05, 3.63) is 71.8 Å². The minimum absolute atomic E-state index is 0. The summed E-state index contributed by atoms with van der Waals surface area (Å²) in [5.74, 6) is -1.69. The van der Waals surface area contributed by atoms with Crippen LogP contribution in [-0.4, -0.2) is 47.5 Å². The van der Waals surface area contributed by atoms with E-state index in [1.807, 2.05) is 24.3 Å². The van der Waals surface area contributed by atoms with E-state index in [9.17, 15) is 22.8 Å². The number of nitrogens with two attached hydrogens (primary N) is 1. The Hall–Kier alpha value is -3.57. The summed E-state index contributed by atoms with van der Waals surface area (Å²) in [6.07, 6.45) is -1.75. The number of carbonyl (C=O) groups excluding carboxylic acids is 2. The monoisotopic (exact) mass is 494 g/mol. The molecule has 8 nitrogen and oxygen atoms in total. The SMILES string of the molecule is Cl.NC(=O)c1cn(-c2ccc(N3CCNCC3)cc2)cc1NC(=O)c1cccc(C(F)(F)F)n1. The molecule has 1 saturated heterocycles. The fourth-order valence-corrected chi connectivity index (χ4v) is 3.56. The topological polar surface area (TPSA) is 105 Å². The molecule has 1 aliphatic heterocycles. The van der Waals surface area contributed by atoms with Gasteiger partial charge in [0.25, 0.3) is 11.8 Å². The molecule has 0 radical (unpaired) electrons. The number of nitrogens with zero attached hydrogens (tertiary/aromatic N) is 3. The highest BCUT2D eigenvalue weighted by Crippen LogP contribution is 2.28.